The second-order valence-corrected chi connectivity index (χ2v) is 9.77. The van der Waals surface area contributed by atoms with E-state index in [0.717, 1.165) is 0 Å². The minimum atomic E-state index is -1.24. The van der Waals surface area contributed by atoms with Gasteiger partial charge in [-0.25, -0.2) is 0 Å². The minimum Gasteiger partial charge on any atom is -0.480 e. The van der Waals surface area contributed by atoms with Gasteiger partial charge in [0.05, 0.1) is 25.7 Å². The first-order valence-electron chi connectivity index (χ1n) is 12.9. The van der Waals surface area contributed by atoms with Crippen LogP contribution in [0.5, 0.6) is 0 Å². The van der Waals surface area contributed by atoms with Crippen LogP contribution < -0.4 is 37.6 Å². The topological polar surface area (TPSA) is 258 Å². The van der Waals surface area contributed by atoms with Gasteiger partial charge in [-0.3, -0.25) is 33.6 Å². The number of carbonyl (C=O) groups excluding carboxylic acids is 6. The number of hydrogen-bond acceptors (Lipinski definition) is 9. The maximum absolute atomic E-state index is 12.5. The van der Waals surface area contributed by atoms with Crippen LogP contribution in [0.2, 0.25) is 0 Å². The molecule has 0 aliphatic heterocycles. The van der Waals surface area contributed by atoms with Crippen LogP contribution in [0.15, 0.2) is 0 Å². The van der Waals surface area contributed by atoms with Crippen LogP contribution in [-0.2, 0) is 33.6 Å². The highest BCUT2D eigenvalue weighted by atomic mass is 16.4. The van der Waals surface area contributed by atoms with Crippen molar-refractivity contribution in [2.24, 2.45) is 17.6 Å². The Morgan fingerprint density at radius 1 is 0.700 bits per heavy atom. The Bertz CT molecular complexity index is 911. The van der Waals surface area contributed by atoms with E-state index in [9.17, 15) is 38.7 Å². The van der Waals surface area contributed by atoms with E-state index in [0.29, 0.717) is 6.42 Å². The molecule has 0 rings (SSSR count). The fraction of sp³-hybridized carbons (Fsp3) is 0.708. The molecule has 0 radical (unpaired) electrons. The van der Waals surface area contributed by atoms with Crippen LogP contribution in [0.1, 0.15) is 47.5 Å². The van der Waals surface area contributed by atoms with Gasteiger partial charge in [-0.05, 0) is 25.2 Å². The Morgan fingerprint density at radius 3 is 1.68 bits per heavy atom. The summed E-state index contributed by atoms with van der Waals surface area (Å²) in [4.78, 5) is 83.9. The normalized spacial score (nSPS) is 14.5. The van der Waals surface area contributed by atoms with Gasteiger partial charge in [0.25, 0.3) is 0 Å². The van der Waals surface area contributed by atoms with E-state index in [2.05, 4.69) is 31.9 Å². The predicted molar refractivity (Wildman–Crippen MR) is 142 cm³/mol. The molecule has 0 spiro atoms. The molecule has 40 heavy (non-hydrogen) atoms. The summed E-state index contributed by atoms with van der Waals surface area (Å²) < 4.78 is 0. The first-order valence-corrected chi connectivity index (χ1v) is 12.9. The Labute approximate surface area is 232 Å². The van der Waals surface area contributed by atoms with Gasteiger partial charge in [0.15, 0.2) is 0 Å². The summed E-state index contributed by atoms with van der Waals surface area (Å²) in [5, 5.41) is 32.2. The molecule has 0 aromatic heterocycles. The minimum absolute atomic E-state index is 0.00753. The molecule has 16 nitrogen and oxygen atoms in total. The Hall–Kier alpha value is -3.79. The van der Waals surface area contributed by atoms with Crippen LogP contribution in [-0.4, -0.2) is 102 Å². The van der Waals surface area contributed by atoms with Gasteiger partial charge in [-0.2, -0.15) is 0 Å². The lowest BCUT2D eigenvalue weighted by Gasteiger charge is -2.23. The molecule has 16 heteroatoms. The third-order valence-electron chi connectivity index (χ3n) is 5.70. The molecule has 0 fully saturated rings. The highest BCUT2D eigenvalue weighted by molar-refractivity contribution is 5.94. The van der Waals surface area contributed by atoms with E-state index < -0.39 is 91.8 Å². The Kier molecular flexibility index (Phi) is 16.7. The number of nitrogens with one attached hydrogen (secondary N) is 6. The van der Waals surface area contributed by atoms with Crippen LogP contribution in [0.4, 0.5) is 0 Å². The van der Waals surface area contributed by atoms with Crippen LogP contribution >= 0.6 is 0 Å². The van der Waals surface area contributed by atoms with Crippen molar-refractivity contribution in [3.05, 3.63) is 0 Å². The van der Waals surface area contributed by atoms with Crippen molar-refractivity contribution in [3.8, 4) is 0 Å². The van der Waals surface area contributed by atoms with E-state index >= 15 is 0 Å². The summed E-state index contributed by atoms with van der Waals surface area (Å²) in [6, 6.07) is -3.25. The zero-order valence-electron chi connectivity index (χ0n) is 23.5. The predicted octanol–water partition coefficient (Wildman–Crippen LogP) is -3.69. The number of aliphatic carboxylic acids is 1. The van der Waals surface area contributed by atoms with E-state index in [4.69, 9.17) is 10.8 Å². The highest BCUT2D eigenvalue weighted by Crippen LogP contribution is 2.08. The molecule has 0 bridgehead atoms. The standard InChI is InChI=1S/C24H43N7O9/c1-6-13(4)21(24(40)29-11-19(36)37)31-18(35)10-27-16(33)8-26-17(34)9-28-22(38)15(7-12(2)3)30-23(39)20(25)14(5)32/h12-15,20-21,32H,6-11,25H2,1-5H3,(H,26,34)(H,27,33)(H,28,38)(H,29,40)(H,30,39)(H,31,35)(H,36,37)/t13-,14+,15-,20-,21-/m0/s1. The monoisotopic (exact) mass is 573 g/mol. The lowest BCUT2D eigenvalue weighted by atomic mass is 9.98. The first-order chi connectivity index (χ1) is 18.6. The van der Waals surface area contributed by atoms with Crippen molar-refractivity contribution >= 4 is 41.4 Å². The molecular formula is C24H43N7O9. The van der Waals surface area contributed by atoms with Gasteiger partial charge >= 0.3 is 5.97 Å². The molecule has 10 N–H and O–H groups in total. The zero-order chi connectivity index (χ0) is 31.0. The Morgan fingerprint density at radius 2 is 1.20 bits per heavy atom. The molecule has 0 aromatic carbocycles. The molecule has 0 saturated heterocycles. The van der Waals surface area contributed by atoms with E-state index in [-0.39, 0.29) is 18.3 Å². The highest BCUT2D eigenvalue weighted by Gasteiger charge is 2.28. The summed E-state index contributed by atoms with van der Waals surface area (Å²) >= 11 is 0. The van der Waals surface area contributed by atoms with Gasteiger partial charge in [-0.15, -0.1) is 0 Å². The largest absolute Gasteiger partial charge is 0.480 e. The van der Waals surface area contributed by atoms with E-state index in [1.54, 1.807) is 13.8 Å². The summed E-state index contributed by atoms with van der Waals surface area (Å²) in [5.41, 5.74) is 5.59. The maximum atomic E-state index is 12.5. The number of carboxylic acid groups (broad SMARTS) is 1. The number of nitrogens with two attached hydrogens (primary N) is 1. The van der Waals surface area contributed by atoms with Gasteiger partial charge in [-0.1, -0.05) is 34.1 Å². The third-order valence-corrected chi connectivity index (χ3v) is 5.70. The van der Waals surface area contributed by atoms with Crippen molar-refractivity contribution in [2.75, 3.05) is 26.2 Å². The summed E-state index contributed by atoms with van der Waals surface area (Å²) in [6.07, 6.45) is -0.370. The lowest BCUT2D eigenvalue weighted by Crippen LogP contribution is -2.55. The second kappa shape index (κ2) is 18.5. The molecule has 0 aromatic rings. The summed E-state index contributed by atoms with van der Waals surface area (Å²) in [7, 11) is 0. The van der Waals surface area contributed by atoms with Crippen molar-refractivity contribution in [2.45, 2.75) is 71.7 Å². The Balaban J connectivity index is 4.68. The molecule has 0 saturated carbocycles. The quantitative estimate of drug-likeness (QED) is 0.0775. The van der Waals surface area contributed by atoms with Gasteiger partial charge in [0.1, 0.15) is 24.7 Å². The summed E-state index contributed by atoms with van der Waals surface area (Å²) in [6.45, 7) is 6.35. The van der Waals surface area contributed by atoms with E-state index in [1.807, 2.05) is 13.8 Å². The van der Waals surface area contributed by atoms with Crippen molar-refractivity contribution < 1.29 is 43.8 Å². The van der Waals surface area contributed by atoms with Crippen molar-refractivity contribution in [1.29, 1.82) is 0 Å². The third kappa shape index (κ3) is 15.0. The van der Waals surface area contributed by atoms with Gasteiger partial charge in [0, 0.05) is 0 Å². The average Bonchev–Trinajstić information content (AvgIpc) is 2.88. The molecule has 0 heterocycles. The number of carbonyl (C=O) groups is 7. The number of carboxylic acids is 1. The van der Waals surface area contributed by atoms with Crippen molar-refractivity contribution in [3.63, 3.8) is 0 Å². The molecule has 5 atom stereocenters. The fourth-order valence-electron chi connectivity index (χ4n) is 3.16. The number of hydrogen-bond donors (Lipinski definition) is 9. The lowest BCUT2D eigenvalue weighted by molar-refractivity contribution is -0.138. The molecule has 6 amide bonds. The first kappa shape index (κ1) is 36.2. The number of aliphatic hydroxyl groups is 1. The average molecular weight is 574 g/mol. The van der Waals surface area contributed by atoms with Gasteiger partial charge in [0.2, 0.25) is 35.4 Å². The number of rotatable bonds is 18. The zero-order valence-corrected chi connectivity index (χ0v) is 23.5. The molecule has 0 aliphatic rings. The summed E-state index contributed by atoms with van der Waals surface area (Å²) in [5.74, 6) is -5.73. The number of aliphatic hydroxyl groups excluding tert-OH is 1. The molecule has 0 aliphatic carbocycles. The van der Waals surface area contributed by atoms with Gasteiger partial charge < -0.3 is 47.8 Å². The number of amides is 6. The van der Waals surface area contributed by atoms with Crippen LogP contribution in [0, 0.1) is 11.8 Å². The van der Waals surface area contributed by atoms with E-state index in [1.165, 1.54) is 6.92 Å². The van der Waals surface area contributed by atoms with Crippen LogP contribution in [0.25, 0.3) is 0 Å². The molecule has 0 unspecified atom stereocenters. The molecular weight excluding hydrogens is 530 g/mol. The smallest absolute Gasteiger partial charge is 0.322 e. The fourth-order valence-corrected chi connectivity index (χ4v) is 3.16. The van der Waals surface area contributed by atoms with Crippen molar-refractivity contribution in [1.82, 2.24) is 31.9 Å². The maximum Gasteiger partial charge on any atom is 0.322 e. The SMILES string of the molecule is CC[C@H](C)[C@H](NC(=O)CNC(=O)CNC(=O)CNC(=O)[C@H](CC(C)C)NC(=O)[C@@H](N)[C@@H](C)O)C(=O)NCC(=O)O. The van der Waals surface area contributed by atoms with Crippen LogP contribution in [0.3, 0.4) is 0 Å². The molecule has 228 valence electrons. The second-order valence-electron chi connectivity index (χ2n) is 9.77.